The maximum Gasteiger partial charge on any atom is 0.144 e. The minimum Gasteiger partial charge on any atom is -0.369 e. The standard InChI is InChI=1S/C14H22BrN3/c1-4-11-12(15)14(16-5-2)18-13(17-11)10-7-6-9(3)8-10/h9-10H,4-8H2,1-3H3,(H,16,17,18). The van der Waals surface area contributed by atoms with Crippen molar-refractivity contribution in [1.82, 2.24) is 9.97 Å². The van der Waals surface area contributed by atoms with Crippen LogP contribution in [0.1, 0.15) is 57.5 Å². The first kappa shape index (κ1) is 13.8. The van der Waals surface area contributed by atoms with Gasteiger partial charge in [-0.2, -0.15) is 0 Å². The van der Waals surface area contributed by atoms with Crippen LogP contribution in [0.3, 0.4) is 0 Å². The van der Waals surface area contributed by atoms with Crippen molar-refractivity contribution in [3.05, 3.63) is 16.0 Å². The lowest BCUT2D eigenvalue weighted by atomic mass is 10.1. The smallest absolute Gasteiger partial charge is 0.144 e. The highest BCUT2D eigenvalue weighted by Crippen LogP contribution is 2.37. The third kappa shape index (κ3) is 2.85. The van der Waals surface area contributed by atoms with Crippen molar-refractivity contribution in [1.29, 1.82) is 0 Å². The molecule has 1 fully saturated rings. The minimum absolute atomic E-state index is 0.552. The topological polar surface area (TPSA) is 37.8 Å². The van der Waals surface area contributed by atoms with E-state index in [1.807, 2.05) is 0 Å². The first-order valence-electron chi connectivity index (χ1n) is 6.95. The van der Waals surface area contributed by atoms with Gasteiger partial charge in [-0.15, -0.1) is 0 Å². The molecule has 1 heterocycles. The molecule has 1 aromatic rings. The quantitative estimate of drug-likeness (QED) is 0.908. The zero-order valence-electron chi connectivity index (χ0n) is 11.5. The van der Waals surface area contributed by atoms with Gasteiger partial charge in [0.1, 0.15) is 11.6 Å². The number of rotatable bonds is 4. The van der Waals surface area contributed by atoms with Crippen LogP contribution in [0.4, 0.5) is 5.82 Å². The maximum absolute atomic E-state index is 4.75. The normalized spacial score (nSPS) is 23.3. The number of aryl methyl sites for hydroxylation is 1. The molecule has 100 valence electrons. The van der Waals surface area contributed by atoms with Gasteiger partial charge < -0.3 is 5.32 Å². The Morgan fingerprint density at radius 3 is 2.61 bits per heavy atom. The summed E-state index contributed by atoms with van der Waals surface area (Å²) in [6.45, 7) is 7.45. The van der Waals surface area contributed by atoms with Crippen molar-refractivity contribution in [3.63, 3.8) is 0 Å². The summed E-state index contributed by atoms with van der Waals surface area (Å²) >= 11 is 3.61. The van der Waals surface area contributed by atoms with Gasteiger partial charge in [0.2, 0.25) is 0 Å². The number of nitrogens with one attached hydrogen (secondary N) is 1. The average molecular weight is 312 g/mol. The predicted octanol–water partition coefficient (Wildman–Crippen LogP) is 4.14. The van der Waals surface area contributed by atoms with E-state index < -0.39 is 0 Å². The van der Waals surface area contributed by atoms with Crippen LogP contribution in [0, 0.1) is 5.92 Å². The van der Waals surface area contributed by atoms with Crippen molar-refractivity contribution in [2.45, 2.75) is 52.4 Å². The summed E-state index contributed by atoms with van der Waals surface area (Å²) < 4.78 is 1.03. The van der Waals surface area contributed by atoms with E-state index >= 15 is 0 Å². The van der Waals surface area contributed by atoms with E-state index in [4.69, 9.17) is 9.97 Å². The van der Waals surface area contributed by atoms with Crippen LogP contribution in [0.5, 0.6) is 0 Å². The van der Waals surface area contributed by atoms with Crippen molar-refractivity contribution in [3.8, 4) is 0 Å². The van der Waals surface area contributed by atoms with Gasteiger partial charge in [-0.25, -0.2) is 9.97 Å². The van der Waals surface area contributed by atoms with E-state index in [-0.39, 0.29) is 0 Å². The molecule has 2 rings (SSSR count). The Kier molecular flexibility index (Phi) is 4.60. The summed E-state index contributed by atoms with van der Waals surface area (Å²) in [4.78, 5) is 9.47. The first-order valence-corrected chi connectivity index (χ1v) is 7.75. The molecule has 2 unspecified atom stereocenters. The van der Waals surface area contributed by atoms with Gasteiger partial charge in [-0.05, 0) is 54.5 Å². The van der Waals surface area contributed by atoms with Crippen molar-refractivity contribution in [2.24, 2.45) is 5.92 Å². The molecule has 1 N–H and O–H groups in total. The van der Waals surface area contributed by atoms with E-state index in [1.54, 1.807) is 0 Å². The molecule has 0 spiro atoms. The lowest BCUT2D eigenvalue weighted by molar-refractivity contribution is 0.584. The average Bonchev–Trinajstić information content (AvgIpc) is 2.79. The van der Waals surface area contributed by atoms with Crippen LogP contribution in [-0.4, -0.2) is 16.5 Å². The Hall–Kier alpha value is -0.640. The Labute approximate surface area is 118 Å². The number of nitrogens with zero attached hydrogens (tertiary/aromatic N) is 2. The number of anilines is 1. The zero-order chi connectivity index (χ0) is 13.1. The van der Waals surface area contributed by atoms with Gasteiger partial charge in [-0.1, -0.05) is 13.8 Å². The third-order valence-corrected chi connectivity index (χ3v) is 4.51. The number of halogens is 1. The Morgan fingerprint density at radius 2 is 2.06 bits per heavy atom. The number of aromatic nitrogens is 2. The van der Waals surface area contributed by atoms with Crippen LogP contribution in [0.25, 0.3) is 0 Å². The highest BCUT2D eigenvalue weighted by molar-refractivity contribution is 9.10. The molecule has 1 aliphatic carbocycles. The SMILES string of the molecule is CCNc1nc(C2CCC(C)C2)nc(CC)c1Br. The molecule has 1 saturated carbocycles. The van der Waals surface area contributed by atoms with Crippen molar-refractivity contribution >= 4 is 21.7 Å². The second-order valence-electron chi connectivity index (χ2n) is 5.19. The van der Waals surface area contributed by atoms with Gasteiger partial charge in [0, 0.05) is 12.5 Å². The fourth-order valence-corrected chi connectivity index (χ4v) is 3.25. The molecule has 0 aromatic carbocycles. The molecule has 0 radical (unpaired) electrons. The van der Waals surface area contributed by atoms with Crippen LogP contribution in [-0.2, 0) is 6.42 Å². The molecule has 18 heavy (non-hydrogen) atoms. The second kappa shape index (κ2) is 6.00. The summed E-state index contributed by atoms with van der Waals surface area (Å²) in [7, 11) is 0. The second-order valence-corrected chi connectivity index (χ2v) is 5.98. The summed E-state index contributed by atoms with van der Waals surface area (Å²) in [6, 6.07) is 0. The minimum atomic E-state index is 0.552. The van der Waals surface area contributed by atoms with Crippen LogP contribution >= 0.6 is 15.9 Å². The van der Waals surface area contributed by atoms with Gasteiger partial charge in [0.15, 0.2) is 0 Å². The lowest BCUT2D eigenvalue weighted by Gasteiger charge is -2.14. The summed E-state index contributed by atoms with van der Waals surface area (Å²) in [6.07, 6.45) is 4.72. The van der Waals surface area contributed by atoms with Crippen molar-refractivity contribution in [2.75, 3.05) is 11.9 Å². The fraction of sp³-hybridized carbons (Fsp3) is 0.714. The zero-order valence-corrected chi connectivity index (χ0v) is 13.0. The highest BCUT2D eigenvalue weighted by Gasteiger charge is 2.26. The van der Waals surface area contributed by atoms with E-state index in [0.29, 0.717) is 5.92 Å². The molecule has 3 nitrogen and oxygen atoms in total. The molecule has 4 heteroatoms. The van der Waals surface area contributed by atoms with Crippen LogP contribution in [0.2, 0.25) is 0 Å². The van der Waals surface area contributed by atoms with Crippen LogP contribution < -0.4 is 5.32 Å². The van der Waals surface area contributed by atoms with Gasteiger partial charge >= 0.3 is 0 Å². The number of hydrogen-bond donors (Lipinski definition) is 1. The Balaban J connectivity index is 2.32. The molecule has 0 amide bonds. The predicted molar refractivity (Wildman–Crippen MR) is 79.0 cm³/mol. The maximum atomic E-state index is 4.75. The lowest BCUT2D eigenvalue weighted by Crippen LogP contribution is -2.10. The first-order chi connectivity index (χ1) is 8.65. The van der Waals surface area contributed by atoms with Gasteiger partial charge in [0.25, 0.3) is 0 Å². The molecular formula is C14H22BrN3. The monoisotopic (exact) mass is 311 g/mol. The highest BCUT2D eigenvalue weighted by atomic mass is 79.9. The molecule has 1 aliphatic rings. The molecule has 0 saturated heterocycles. The summed E-state index contributed by atoms with van der Waals surface area (Å²) in [5.41, 5.74) is 1.12. The van der Waals surface area contributed by atoms with Crippen LogP contribution in [0.15, 0.2) is 4.47 Å². The van der Waals surface area contributed by atoms with E-state index in [2.05, 4.69) is 42.0 Å². The van der Waals surface area contributed by atoms with Gasteiger partial charge in [0.05, 0.1) is 10.2 Å². The van der Waals surface area contributed by atoms with Gasteiger partial charge in [-0.3, -0.25) is 0 Å². The Bertz CT molecular complexity index is 420. The largest absolute Gasteiger partial charge is 0.369 e. The summed E-state index contributed by atoms with van der Waals surface area (Å²) in [5.74, 6) is 3.36. The molecule has 1 aromatic heterocycles. The van der Waals surface area contributed by atoms with Crippen molar-refractivity contribution < 1.29 is 0 Å². The number of hydrogen-bond acceptors (Lipinski definition) is 3. The van der Waals surface area contributed by atoms with E-state index in [0.717, 1.165) is 40.7 Å². The van der Waals surface area contributed by atoms with E-state index in [1.165, 1.54) is 19.3 Å². The third-order valence-electron chi connectivity index (χ3n) is 3.68. The molecule has 2 atom stereocenters. The fourth-order valence-electron chi connectivity index (χ4n) is 2.66. The summed E-state index contributed by atoms with van der Waals surface area (Å²) in [5, 5.41) is 3.33. The molecular weight excluding hydrogens is 290 g/mol. The Morgan fingerprint density at radius 1 is 1.28 bits per heavy atom. The van der Waals surface area contributed by atoms with E-state index in [9.17, 15) is 0 Å². The molecule has 0 aliphatic heterocycles. The molecule has 0 bridgehead atoms.